The lowest BCUT2D eigenvalue weighted by molar-refractivity contribution is 0.132. The third kappa shape index (κ3) is 1.77. The lowest BCUT2D eigenvalue weighted by Gasteiger charge is -2.19. The van der Waals surface area contributed by atoms with E-state index in [0.717, 1.165) is 17.7 Å². The maximum atomic E-state index is 9.77. The van der Waals surface area contributed by atoms with Crippen molar-refractivity contribution in [3.63, 3.8) is 0 Å². The van der Waals surface area contributed by atoms with Gasteiger partial charge in [0, 0.05) is 12.0 Å². The van der Waals surface area contributed by atoms with Crippen molar-refractivity contribution in [1.82, 2.24) is 0 Å². The van der Waals surface area contributed by atoms with Gasteiger partial charge in [-0.3, -0.25) is 0 Å². The van der Waals surface area contributed by atoms with Crippen LogP contribution in [0.15, 0.2) is 30.9 Å². The quantitative estimate of drug-likeness (QED) is 0.750. The first-order valence-electron chi connectivity index (χ1n) is 5.15. The number of fused-ring (bicyclic) bond motifs is 1. The van der Waals surface area contributed by atoms with E-state index >= 15 is 0 Å². The van der Waals surface area contributed by atoms with E-state index in [2.05, 4.69) is 20.4 Å². The number of benzene rings is 1. The van der Waals surface area contributed by atoms with E-state index in [1.807, 2.05) is 18.2 Å². The van der Waals surface area contributed by atoms with Crippen LogP contribution in [0, 0.1) is 0 Å². The van der Waals surface area contributed by atoms with E-state index in [1.54, 1.807) is 0 Å². The summed E-state index contributed by atoms with van der Waals surface area (Å²) in [4.78, 5) is 0. The number of aliphatic hydroxyl groups is 1. The molecule has 1 aromatic rings. The third-order valence-corrected chi connectivity index (χ3v) is 2.66. The van der Waals surface area contributed by atoms with E-state index < -0.39 is 6.10 Å². The molecule has 0 saturated carbocycles. The van der Waals surface area contributed by atoms with E-state index in [9.17, 15) is 5.11 Å². The molecule has 1 atom stereocenters. The highest BCUT2D eigenvalue weighted by molar-refractivity contribution is 5.47. The van der Waals surface area contributed by atoms with Gasteiger partial charge < -0.3 is 9.84 Å². The van der Waals surface area contributed by atoms with Gasteiger partial charge in [-0.1, -0.05) is 24.3 Å². The van der Waals surface area contributed by atoms with Crippen molar-refractivity contribution in [2.75, 3.05) is 0 Å². The number of hydrogen-bond acceptors (Lipinski definition) is 2. The summed E-state index contributed by atoms with van der Waals surface area (Å²) in [5.74, 6) is 0.829. The molecule has 2 nitrogen and oxygen atoms in total. The minimum atomic E-state index is -0.645. The van der Waals surface area contributed by atoms with Crippen molar-refractivity contribution >= 4 is 0 Å². The fourth-order valence-electron chi connectivity index (χ4n) is 2.00. The zero-order chi connectivity index (χ0) is 11.1. The zero-order valence-corrected chi connectivity index (χ0v) is 9.16. The van der Waals surface area contributed by atoms with E-state index in [0.29, 0.717) is 0 Å². The molecule has 0 amide bonds. The molecule has 0 aliphatic carbocycles. The minimum Gasteiger partial charge on any atom is -0.487 e. The van der Waals surface area contributed by atoms with Crippen molar-refractivity contribution in [3.8, 4) is 5.75 Å². The molecule has 0 saturated heterocycles. The van der Waals surface area contributed by atoms with Crippen LogP contribution in [0.1, 0.15) is 31.1 Å². The predicted octanol–water partition coefficient (Wildman–Crippen LogP) is 2.62. The molecule has 0 bridgehead atoms. The largest absolute Gasteiger partial charge is 0.487 e. The van der Waals surface area contributed by atoms with Crippen LogP contribution >= 0.6 is 0 Å². The SMILES string of the molecule is C=CC(O)c1cccc2c1OC(C)(C)C2. The lowest BCUT2D eigenvalue weighted by atomic mass is 9.99. The highest BCUT2D eigenvalue weighted by Gasteiger charge is 2.32. The molecule has 1 unspecified atom stereocenters. The summed E-state index contributed by atoms with van der Waals surface area (Å²) < 4.78 is 5.84. The Balaban J connectivity index is 2.46. The Morgan fingerprint density at radius 1 is 1.53 bits per heavy atom. The average molecular weight is 204 g/mol. The van der Waals surface area contributed by atoms with Crippen molar-refractivity contribution < 1.29 is 9.84 Å². The van der Waals surface area contributed by atoms with Crippen LogP contribution in [-0.2, 0) is 6.42 Å². The van der Waals surface area contributed by atoms with Crippen molar-refractivity contribution in [2.24, 2.45) is 0 Å². The van der Waals surface area contributed by atoms with Crippen LogP contribution in [0.3, 0.4) is 0 Å². The number of hydrogen-bond donors (Lipinski definition) is 1. The van der Waals surface area contributed by atoms with Gasteiger partial charge in [0.2, 0.25) is 0 Å². The average Bonchev–Trinajstić information content (AvgIpc) is 2.49. The Bertz CT molecular complexity index is 394. The Hall–Kier alpha value is -1.28. The van der Waals surface area contributed by atoms with Gasteiger partial charge in [-0.05, 0) is 19.4 Å². The van der Waals surface area contributed by atoms with Crippen LogP contribution in [0.5, 0.6) is 5.75 Å². The van der Waals surface area contributed by atoms with Crippen molar-refractivity contribution in [1.29, 1.82) is 0 Å². The third-order valence-electron chi connectivity index (χ3n) is 2.66. The molecule has 2 heteroatoms. The van der Waals surface area contributed by atoms with Crippen LogP contribution in [0.25, 0.3) is 0 Å². The molecule has 15 heavy (non-hydrogen) atoms. The maximum Gasteiger partial charge on any atom is 0.129 e. The first-order valence-corrected chi connectivity index (χ1v) is 5.15. The van der Waals surface area contributed by atoms with Gasteiger partial charge in [-0.2, -0.15) is 0 Å². The highest BCUT2D eigenvalue weighted by Crippen LogP contribution is 2.39. The topological polar surface area (TPSA) is 29.5 Å². The number of para-hydroxylation sites is 1. The first-order chi connectivity index (χ1) is 7.03. The predicted molar refractivity (Wildman–Crippen MR) is 60.0 cm³/mol. The molecule has 1 aliphatic heterocycles. The fourth-order valence-corrected chi connectivity index (χ4v) is 2.00. The number of rotatable bonds is 2. The van der Waals surface area contributed by atoms with E-state index in [1.165, 1.54) is 11.6 Å². The van der Waals surface area contributed by atoms with Crippen LogP contribution in [0.2, 0.25) is 0 Å². The van der Waals surface area contributed by atoms with E-state index in [-0.39, 0.29) is 5.60 Å². The zero-order valence-electron chi connectivity index (χ0n) is 9.16. The summed E-state index contributed by atoms with van der Waals surface area (Å²) in [5, 5.41) is 9.77. The molecule has 0 aromatic heterocycles. The minimum absolute atomic E-state index is 0.167. The van der Waals surface area contributed by atoms with Gasteiger partial charge in [0.25, 0.3) is 0 Å². The van der Waals surface area contributed by atoms with Crippen LogP contribution in [0.4, 0.5) is 0 Å². The molecule has 1 N–H and O–H groups in total. The summed E-state index contributed by atoms with van der Waals surface area (Å²) in [6.45, 7) is 7.70. The molecular weight excluding hydrogens is 188 g/mol. The summed E-state index contributed by atoms with van der Waals surface area (Å²) in [6, 6.07) is 5.88. The van der Waals surface area contributed by atoms with Gasteiger partial charge in [-0.25, -0.2) is 0 Å². The van der Waals surface area contributed by atoms with Crippen molar-refractivity contribution in [3.05, 3.63) is 42.0 Å². The second-order valence-corrected chi connectivity index (χ2v) is 4.55. The first kappa shape index (κ1) is 10.2. The summed E-state index contributed by atoms with van der Waals surface area (Å²) >= 11 is 0. The number of aliphatic hydroxyl groups excluding tert-OH is 1. The van der Waals surface area contributed by atoms with Crippen LogP contribution in [-0.4, -0.2) is 10.7 Å². The highest BCUT2D eigenvalue weighted by atomic mass is 16.5. The van der Waals surface area contributed by atoms with Crippen LogP contribution < -0.4 is 4.74 Å². The smallest absolute Gasteiger partial charge is 0.129 e. The van der Waals surface area contributed by atoms with Gasteiger partial charge in [0.1, 0.15) is 17.5 Å². The Kier molecular flexibility index (Phi) is 2.31. The Labute approximate surface area is 90.2 Å². The van der Waals surface area contributed by atoms with Gasteiger partial charge in [0.15, 0.2) is 0 Å². The maximum absolute atomic E-state index is 9.77. The molecule has 0 spiro atoms. The molecule has 1 aromatic carbocycles. The second kappa shape index (κ2) is 3.38. The molecule has 1 heterocycles. The molecule has 0 radical (unpaired) electrons. The monoisotopic (exact) mass is 204 g/mol. The lowest BCUT2D eigenvalue weighted by Crippen LogP contribution is -2.25. The molecular formula is C13H16O2. The molecule has 80 valence electrons. The Morgan fingerprint density at radius 3 is 2.93 bits per heavy atom. The summed E-state index contributed by atoms with van der Waals surface area (Å²) in [6.07, 6.45) is 1.76. The number of ether oxygens (including phenoxy) is 1. The molecule has 2 rings (SSSR count). The van der Waals surface area contributed by atoms with Gasteiger partial charge in [0.05, 0.1) is 0 Å². The Morgan fingerprint density at radius 2 is 2.27 bits per heavy atom. The normalized spacial score (nSPS) is 19.1. The second-order valence-electron chi connectivity index (χ2n) is 4.55. The molecule has 1 aliphatic rings. The van der Waals surface area contributed by atoms with E-state index in [4.69, 9.17) is 4.74 Å². The summed E-state index contributed by atoms with van der Waals surface area (Å²) in [5.41, 5.74) is 1.81. The van der Waals surface area contributed by atoms with Crippen molar-refractivity contribution in [2.45, 2.75) is 32.0 Å². The fraction of sp³-hybridized carbons (Fsp3) is 0.385. The summed E-state index contributed by atoms with van der Waals surface area (Å²) in [7, 11) is 0. The molecule has 0 fully saturated rings. The van der Waals surface area contributed by atoms with Gasteiger partial charge >= 0.3 is 0 Å². The standard InChI is InChI=1S/C13H16O2/c1-4-11(14)10-7-5-6-9-8-13(2,3)15-12(9)10/h4-7,11,14H,1,8H2,2-3H3. The van der Waals surface area contributed by atoms with Gasteiger partial charge in [-0.15, -0.1) is 6.58 Å².